The summed E-state index contributed by atoms with van der Waals surface area (Å²) in [5.41, 5.74) is 3.76. The lowest BCUT2D eigenvalue weighted by Crippen LogP contribution is -2.30. The van der Waals surface area contributed by atoms with Gasteiger partial charge in [-0.3, -0.25) is 14.6 Å². The minimum Gasteiger partial charge on any atom is -0.504 e. The van der Waals surface area contributed by atoms with Crippen molar-refractivity contribution in [1.29, 1.82) is 0 Å². The molecular formula is C26H28N4O4. The molecule has 3 aromatic rings. The Hall–Kier alpha value is -3.81. The van der Waals surface area contributed by atoms with Crippen LogP contribution in [0.4, 0.5) is 0 Å². The molecule has 2 aromatic heterocycles. The Labute approximate surface area is 198 Å². The predicted molar refractivity (Wildman–Crippen MR) is 126 cm³/mol. The van der Waals surface area contributed by atoms with Crippen LogP contribution in [-0.4, -0.2) is 43.6 Å². The number of benzene rings is 1. The number of rotatable bonds is 7. The van der Waals surface area contributed by atoms with Gasteiger partial charge in [-0.2, -0.15) is 0 Å². The summed E-state index contributed by atoms with van der Waals surface area (Å²) in [7, 11) is 0. The lowest BCUT2D eigenvalue weighted by atomic mass is 9.77. The number of nitrogens with zero attached hydrogens (tertiary/aromatic N) is 3. The molecule has 34 heavy (non-hydrogen) atoms. The Morgan fingerprint density at radius 1 is 1.03 bits per heavy atom. The molecule has 0 unspecified atom stereocenters. The molecule has 0 saturated heterocycles. The molecule has 3 N–H and O–H groups in total. The number of hydrogen-bond acceptors (Lipinski definition) is 6. The molecule has 1 fully saturated rings. The van der Waals surface area contributed by atoms with Crippen LogP contribution in [0.1, 0.15) is 59.2 Å². The summed E-state index contributed by atoms with van der Waals surface area (Å²) in [6.07, 6.45) is 8.45. The number of carboxylic acid groups (broad SMARTS) is 1. The van der Waals surface area contributed by atoms with E-state index in [1.165, 1.54) is 5.56 Å². The Morgan fingerprint density at radius 2 is 1.76 bits per heavy atom. The third kappa shape index (κ3) is 5.57. The van der Waals surface area contributed by atoms with Gasteiger partial charge in [0, 0.05) is 18.8 Å². The van der Waals surface area contributed by atoms with Crippen LogP contribution in [0, 0.1) is 12.8 Å². The second-order valence-corrected chi connectivity index (χ2v) is 8.78. The van der Waals surface area contributed by atoms with Crippen LogP contribution in [0.25, 0.3) is 11.1 Å². The Kier molecular flexibility index (Phi) is 7.15. The average Bonchev–Trinajstić information content (AvgIpc) is 2.86. The van der Waals surface area contributed by atoms with Crippen LogP contribution in [-0.2, 0) is 11.2 Å². The molecule has 8 nitrogen and oxygen atoms in total. The van der Waals surface area contributed by atoms with E-state index in [-0.39, 0.29) is 11.4 Å². The van der Waals surface area contributed by atoms with Crippen molar-refractivity contribution in [2.75, 3.05) is 6.54 Å². The largest absolute Gasteiger partial charge is 0.504 e. The molecule has 1 aliphatic rings. The molecule has 0 atom stereocenters. The number of carbonyl (C=O) groups is 2. The maximum Gasteiger partial charge on any atom is 0.322 e. The number of nitrogens with one attached hydrogen (secondary N) is 1. The van der Waals surface area contributed by atoms with E-state index < -0.39 is 18.4 Å². The van der Waals surface area contributed by atoms with Gasteiger partial charge in [-0.05, 0) is 67.2 Å². The highest BCUT2D eigenvalue weighted by Gasteiger charge is 2.25. The number of carbonyl (C=O) groups excluding carboxylic acids is 1. The molecule has 8 heteroatoms. The van der Waals surface area contributed by atoms with E-state index in [1.807, 2.05) is 12.3 Å². The molecule has 176 valence electrons. The summed E-state index contributed by atoms with van der Waals surface area (Å²) in [6.45, 7) is 1.07. The van der Waals surface area contributed by atoms with Gasteiger partial charge in [-0.1, -0.05) is 30.3 Å². The molecule has 1 saturated carbocycles. The maximum atomic E-state index is 12.3. The normalized spacial score (nSPS) is 17.8. The van der Waals surface area contributed by atoms with Gasteiger partial charge >= 0.3 is 5.97 Å². The van der Waals surface area contributed by atoms with Crippen LogP contribution in [0.5, 0.6) is 5.75 Å². The van der Waals surface area contributed by atoms with Gasteiger partial charge in [0.2, 0.25) is 0 Å². The number of carboxylic acids is 1. The fourth-order valence-corrected chi connectivity index (χ4v) is 4.55. The zero-order valence-corrected chi connectivity index (χ0v) is 19.1. The number of pyridine rings is 1. The van der Waals surface area contributed by atoms with E-state index >= 15 is 0 Å². The Morgan fingerprint density at radius 3 is 2.41 bits per heavy atom. The number of hydrogen-bond donors (Lipinski definition) is 3. The molecule has 0 spiro atoms. The summed E-state index contributed by atoms with van der Waals surface area (Å²) >= 11 is 0. The average molecular weight is 461 g/mol. The summed E-state index contributed by atoms with van der Waals surface area (Å²) in [5, 5.41) is 21.2. The summed E-state index contributed by atoms with van der Waals surface area (Å²) in [4.78, 5) is 35.8. The highest BCUT2D eigenvalue weighted by molar-refractivity contribution is 5.96. The lowest BCUT2D eigenvalue weighted by molar-refractivity contribution is -0.135. The minimum atomic E-state index is -1.16. The first kappa shape index (κ1) is 23.4. The van der Waals surface area contributed by atoms with E-state index in [0.29, 0.717) is 29.8 Å². The van der Waals surface area contributed by atoms with E-state index in [1.54, 1.807) is 13.1 Å². The van der Waals surface area contributed by atoms with Crippen molar-refractivity contribution in [3.63, 3.8) is 0 Å². The fraction of sp³-hybridized carbons (Fsp3) is 0.346. The molecule has 0 aliphatic heterocycles. The second-order valence-electron chi connectivity index (χ2n) is 8.78. The minimum absolute atomic E-state index is 0.175. The van der Waals surface area contributed by atoms with Crippen molar-refractivity contribution in [3.05, 3.63) is 71.6 Å². The van der Waals surface area contributed by atoms with Crippen molar-refractivity contribution >= 4 is 11.9 Å². The lowest BCUT2D eigenvalue weighted by Gasteiger charge is -2.28. The summed E-state index contributed by atoms with van der Waals surface area (Å²) in [6, 6.07) is 12.7. The molecule has 1 aliphatic carbocycles. The van der Waals surface area contributed by atoms with Crippen LogP contribution < -0.4 is 5.32 Å². The van der Waals surface area contributed by atoms with Gasteiger partial charge in [0.25, 0.3) is 5.91 Å². The first-order chi connectivity index (χ1) is 16.4. The first-order valence-corrected chi connectivity index (χ1v) is 11.5. The molecule has 1 aromatic carbocycles. The predicted octanol–water partition coefficient (Wildman–Crippen LogP) is 3.88. The van der Waals surface area contributed by atoms with Crippen molar-refractivity contribution in [2.45, 2.75) is 44.9 Å². The Balaban J connectivity index is 1.37. The van der Waals surface area contributed by atoms with Gasteiger partial charge in [0.15, 0.2) is 11.4 Å². The number of aryl methyl sites for hydroxylation is 1. The third-order valence-electron chi connectivity index (χ3n) is 6.41. The van der Waals surface area contributed by atoms with Gasteiger partial charge in [0.05, 0.1) is 5.69 Å². The monoisotopic (exact) mass is 460 g/mol. The van der Waals surface area contributed by atoms with Crippen molar-refractivity contribution < 1.29 is 19.8 Å². The summed E-state index contributed by atoms with van der Waals surface area (Å²) in [5.74, 6) is -0.790. The topological polar surface area (TPSA) is 125 Å². The van der Waals surface area contributed by atoms with Gasteiger partial charge < -0.3 is 15.5 Å². The Bertz CT molecular complexity index is 1160. The van der Waals surface area contributed by atoms with E-state index in [4.69, 9.17) is 5.11 Å². The number of aliphatic carboxylic acids is 1. The molecule has 2 heterocycles. The van der Waals surface area contributed by atoms with Crippen LogP contribution in [0.3, 0.4) is 0 Å². The zero-order chi connectivity index (χ0) is 24.1. The highest BCUT2D eigenvalue weighted by Crippen LogP contribution is 2.37. The molecule has 0 radical (unpaired) electrons. The molecule has 1 amide bonds. The second kappa shape index (κ2) is 10.4. The van der Waals surface area contributed by atoms with Crippen molar-refractivity contribution in [3.8, 4) is 16.9 Å². The fourth-order valence-electron chi connectivity index (χ4n) is 4.55. The summed E-state index contributed by atoms with van der Waals surface area (Å²) < 4.78 is 0. The number of aromatic nitrogens is 3. The number of aromatic hydroxyl groups is 1. The number of amides is 1. The van der Waals surface area contributed by atoms with Crippen LogP contribution in [0.2, 0.25) is 0 Å². The quantitative estimate of drug-likeness (QED) is 0.488. The molecule has 0 bridgehead atoms. The molecule has 4 rings (SSSR count). The van der Waals surface area contributed by atoms with E-state index in [0.717, 1.165) is 36.8 Å². The van der Waals surface area contributed by atoms with E-state index in [2.05, 4.69) is 50.6 Å². The third-order valence-corrected chi connectivity index (χ3v) is 6.41. The smallest absolute Gasteiger partial charge is 0.322 e. The molecular weight excluding hydrogens is 432 g/mol. The SMILES string of the molecule is Cc1nc(CC2CCC(c3ccc(-c4cccnc4)cc3)CC2)nc(C(=O)NCC(=O)O)c1O. The standard InChI is InChI=1S/C26H28N4O4/c1-16-25(33)24(26(34)28-15-23(31)32)30-22(29-16)13-17-4-6-18(7-5-17)19-8-10-20(11-9-19)21-3-2-12-27-14-21/h2-3,8-12,14,17-18,33H,4-7,13,15H2,1H3,(H,28,34)(H,31,32). The van der Waals surface area contributed by atoms with Gasteiger partial charge in [0.1, 0.15) is 12.4 Å². The van der Waals surface area contributed by atoms with Crippen molar-refractivity contribution in [1.82, 2.24) is 20.3 Å². The first-order valence-electron chi connectivity index (χ1n) is 11.5. The van der Waals surface area contributed by atoms with E-state index in [9.17, 15) is 14.7 Å². The van der Waals surface area contributed by atoms with Gasteiger partial charge in [-0.25, -0.2) is 9.97 Å². The van der Waals surface area contributed by atoms with Gasteiger partial charge in [-0.15, -0.1) is 0 Å². The maximum absolute atomic E-state index is 12.3. The van der Waals surface area contributed by atoms with Crippen molar-refractivity contribution in [2.24, 2.45) is 5.92 Å². The van der Waals surface area contributed by atoms with Crippen LogP contribution >= 0.6 is 0 Å². The highest BCUT2D eigenvalue weighted by atomic mass is 16.4. The zero-order valence-electron chi connectivity index (χ0n) is 19.1. The van der Waals surface area contributed by atoms with Crippen LogP contribution in [0.15, 0.2) is 48.8 Å².